The van der Waals surface area contributed by atoms with Crippen LogP contribution < -0.4 is 15.0 Å². The molecule has 3 aromatic heterocycles. The van der Waals surface area contributed by atoms with E-state index in [0.29, 0.717) is 0 Å². The Balaban J connectivity index is 0. The van der Waals surface area contributed by atoms with E-state index in [-0.39, 0.29) is 5.48 Å². The Morgan fingerprint density at radius 3 is 0.739 bits per heavy atom. The first-order valence-corrected chi connectivity index (χ1v) is 7.23. The van der Waals surface area contributed by atoms with E-state index in [1.165, 1.54) is 0 Å². The molecule has 0 spiro atoms. The summed E-state index contributed by atoms with van der Waals surface area (Å²) in [6, 6.07) is 17.6. The van der Waals surface area contributed by atoms with E-state index in [1.54, 1.807) is 0 Å². The first kappa shape index (κ1) is 22.8. The molecular formula is C15H19N3O4S. The monoisotopic (exact) mass is 337 g/mol. The number of nitrogens with one attached hydrogen (secondary N) is 3. The van der Waals surface area contributed by atoms with Crippen LogP contribution in [0.1, 0.15) is 0 Å². The van der Waals surface area contributed by atoms with Crippen molar-refractivity contribution in [2.24, 2.45) is 0 Å². The fourth-order valence-electron chi connectivity index (χ4n) is 1.03. The third kappa shape index (κ3) is 24.8. The minimum Gasteiger partial charge on any atom is -0.870 e. The van der Waals surface area contributed by atoms with Gasteiger partial charge in [-0.1, -0.05) is 18.2 Å². The summed E-state index contributed by atoms with van der Waals surface area (Å²) in [5.41, 5.74) is 0. The highest BCUT2D eigenvalue weighted by molar-refractivity contribution is 7.72. The lowest BCUT2D eigenvalue weighted by Gasteiger charge is -2.03. The fraction of sp³-hybridized carbons (Fsp3) is 0. The van der Waals surface area contributed by atoms with Crippen molar-refractivity contribution in [3.8, 4) is 0 Å². The molecule has 3 heterocycles. The second-order valence-electron chi connectivity index (χ2n) is 3.44. The topological polar surface area (TPSA) is 136 Å². The van der Waals surface area contributed by atoms with Gasteiger partial charge in [-0.15, -0.1) is 11.4 Å². The highest BCUT2D eigenvalue weighted by Gasteiger charge is 1.67. The van der Waals surface area contributed by atoms with E-state index in [2.05, 4.69) is 15.0 Å². The average Bonchev–Trinajstić information content (AvgIpc) is 2.60. The highest BCUT2D eigenvalue weighted by atomic mass is 32.2. The molecule has 23 heavy (non-hydrogen) atoms. The number of rotatable bonds is 0. The van der Waals surface area contributed by atoms with Crippen LogP contribution in [0, 0.1) is 0 Å². The third-order valence-corrected chi connectivity index (χ3v) is 1.82. The van der Waals surface area contributed by atoms with Crippen molar-refractivity contribution in [2.75, 3.05) is 0 Å². The summed E-state index contributed by atoms with van der Waals surface area (Å²) < 4.78 is 25.3. The molecule has 0 unspecified atom stereocenters. The molecule has 0 radical (unpaired) electrons. The van der Waals surface area contributed by atoms with Crippen molar-refractivity contribution in [3.63, 3.8) is 0 Å². The maximum Gasteiger partial charge on any atom is 0.166 e. The fourth-order valence-corrected chi connectivity index (χ4v) is 1.03. The molecule has 8 heteroatoms. The van der Waals surface area contributed by atoms with Gasteiger partial charge in [-0.2, -0.15) is 0 Å². The molecule has 4 N–H and O–H groups in total. The van der Waals surface area contributed by atoms with Gasteiger partial charge in [0.25, 0.3) is 0 Å². The number of H-pyrrole nitrogens is 3. The summed E-state index contributed by atoms with van der Waals surface area (Å²) >= 11 is -3.11. The van der Waals surface area contributed by atoms with Gasteiger partial charge in [0.1, 0.15) is 0 Å². The predicted octanol–water partition coefficient (Wildman–Crippen LogP) is 0.321. The Morgan fingerprint density at radius 2 is 0.696 bits per heavy atom. The summed E-state index contributed by atoms with van der Waals surface area (Å²) in [6.07, 6.45) is 11.2. The molecule has 0 saturated heterocycles. The van der Waals surface area contributed by atoms with Gasteiger partial charge >= 0.3 is 0 Å². The highest BCUT2D eigenvalue weighted by Crippen LogP contribution is 1.69. The minimum atomic E-state index is -3.11. The lowest BCUT2D eigenvalue weighted by Crippen LogP contribution is -1.93. The Kier molecular flexibility index (Phi) is 19.3. The zero-order chi connectivity index (χ0) is 16.3. The van der Waals surface area contributed by atoms with Gasteiger partial charge < -0.3 is 14.6 Å². The molecule has 3 rings (SSSR count). The number of aromatic nitrogens is 3. The van der Waals surface area contributed by atoms with Crippen molar-refractivity contribution < 1.29 is 33.7 Å². The van der Waals surface area contributed by atoms with Crippen molar-refractivity contribution >= 4 is 11.4 Å². The number of hydrogen-bond acceptors (Lipinski definition) is 4. The lowest BCUT2D eigenvalue weighted by atomic mass is 10.5. The summed E-state index contributed by atoms with van der Waals surface area (Å²) in [4.78, 5) is 8.68. The lowest BCUT2D eigenvalue weighted by molar-refractivity contribution is -0.378. The van der Waals surface area contributed by atoms with Crippen molar-refractivity contribution in [1.82, 2.24) is 0 Å². The SMILES string of the molecule is O=S([O-])[O-].[OH-].c1cc[nH+]cc1.c1cc[nH+]cc1.c1cc[nH+]cc1. The van der Waals surface area contributed by atoms with Crippen LogP contribution >= 0.6 is 0 Å². The van der Waals surface area contributed by atoms with Gasteiger partial charge in [0.15, 0.2) is 37.2 Å². The van der Waals surface area contributed by atoms with Crippen LogP contribution in [-0.4, -0.2) is 18.8 Å². The predicted molar refractivity (Wildman–Crippen MR) is 80.6 cm³/mol. The first-order valence-electron chi connectivity index (χ1n) is 6.23. The van der Waals surface area contributed by atoms with E-state index in [1.807, 2.05) is 91.8 Å². The zero-order valence-corrected chi connectivity index (χ0v) is 13.1. The van der Waals surface area contributed by atoms with Gasteiger partial charge in [-0.05, 0) is 0 Å². The molecule has 0 atom stereocenters. The molecule has 0 aliphatic heterocycles. The standard InChI is InChI=1S/3C5H5N.H2O3S.H2O/c3*1-2-4-6-5-3-1;1-4(2)3;/h3*1-5H;(H2,1,2,3);1H2. The quantitative estimate of drug-likeness (QED) is 0.546. The molecule has 7 nitrogen and oxygen atoms in total. The Morgan fingerprint density at radius 1 is 0.522 bits per heavy atom. The second-order valence-corrected chi connectivity index (χ2v) is 3.84. The number of hydrogen-bond donors (Lipinski definition) is 0. The Bertz CT molecular complexity index is 401. The van der Waals surface area contributed by atoms with Gasteiger partial charge in [0, 0.05) is 36.4 Å². The van der Waals surface area contributed by atoms with E-state index in [9.17, 15) is 0 Å². The molecule has 0 fully saturated rings. The largest absolute Gasteiger partial charge is 0.870 e. The third-order valence-electron chi connectivity index (χ3n) is 1.82. The van der Waals surface area contributed by atoms with Gasteiger partial charge in [-0.3, -0.25) is 4.21 Å². The maximum atomic E-state index is 8.44. The smallest absolute Gasteiger partial charge is 0.166 e. The molecule has 0 aliphatic rings. The van der Waals surface area contributed by atoms with Crippen LogP contribution in [0.25, 0.3) is 0 Å². The van der Waals surface area contributed by atoms with Crippen LogP contribution in [-0.2, 0) is 11.4 Å². The molecule has 0 aliphatic carbocycles. The zero-order valence-electron chi connectivity index (χ0n) is 12.2. The number of pyridine rings is 3. The molecular weight excluding hydrogens is 318 g/mol. The molecule has 3 aromatic rings. The van der Waals surface area contributed by atoms with E-state index >= 15 is 0 Å². The maximum absolute atomic E-state index is 8.44. The minimum absolute atomic E-state index is 0. The van der Waals surface area contributed by atoms with Crippen LogP contribution in [0.3, 0.4) is 0 Å². The average molecular weight is 337 g/mol. The Hall–Kier alpha value is -2.52. The summed E-state index contributed by atoms with van der Waals surface area (Å²) in [5, 5.41) is 0. The van der Waals surface area contributed by atoms with Crippen molar-refractivity contribution in [3.05, 3.63) is 91.8 Å². The van der Waals surface area contributed by atoms with Crippen LogP contribution in [0.2, 0.25) is 0 Å². The number of aromatic amines is 3. The summed E-state index contributed by atoms with van der Waals surface area (Å²) in [6.45, 7) is 0. The van der Waals surface area contributed by atoms with Gasteiger partial charge in [0.2, 0.25) is 0 Å². The molecule has 0 bridgehead atoms. The molecule has 0 saturated carbocycles. The summed E-state index contributed by atoms with van der Waals surface area (Å²) in [5.74, 6) is 0. The Labute approximate surface area is 137 Å². The van der Waals surface area contributed by atoms with Crippen molar-refractivity contribution in [2.45, 2.75) is 0 Å². The van der Waals surface area contributed by atoms with E-state index < -0.39 is 11.4 Å². The van der Waals surface area contributed by atoms with Gasteiger partial charge in [0.05, 0.1) is 0 Å². The summed E-state index contributed by atoms with van der Waals surface area (Å²) in [7, 11) is 0. The normalized spacial score (nSPS) is 7.78. The van der Waals surface area contributed by atoms with Crippen LogP contribution in [0.5, 0.6) is 0 Å². The van der Waals surface area contributed by atoms with Gasteiger partial charge in [-0.25, -0.2) is 15.0 Å². The first-order chi connectivity index (χ1) is 10.7. The van der Waals surface area contributed by atoms with E-state index in [4.69, 9.17) is 13.3 Å². The van der Waals surface area contributed by atoms with Crippen molar-refractivity contribution in [1.29, 1.82) is 0 Å². The van der Waals surface area contributed by atoms with Crippen LogP contribution in [0.15, 0.2) is 91.8 Å². The van der Waals surface area contributed by atoms with Crippen LogP contribution in [0.4, 0.5) is 0 Å². The molecule has 0 aromatic carbocycles. The second kappa shape index (κ2) is 19.5. The molecule has 124 valence electrons. The molecule has 0 amide bonds. The van der Waals surface area contributed by atoms with E-state index in [0.717, 1.165) is 0 Å².